The van der Waals surface area contributed by atoms with Crippen LogP contribution in [0.15, 0.2) is 97.1 Å². The van der Waals surface area contributed by atoms with Crippen LogP contribution in [-0.2, 0) is 41.4 Å². The number of carbonyl (C=O) groups is 6. The van der Waals surface area contributed by atoms with Crippen LogP contribution in [0.25, 0.3) is 0 Å². The number of amides is 6. The van der Waals surface area contributed by atoms with Gasteiger partial charge >= 0.3 is 18.3 Å². The smallest absolute Gasteiger partial charge is 0.407 e. The molecule has 0 spiro atoms. The van der Waals surface area contributed by atoms with Gasteiger partial charge in [0.05, 0.1) is 0 Å². The number of alkyl carbamates (subject to hydrolysis) is 3. The Kier molecular flexibility index (Phi) is 21.3. The zero-order valence-corrected chi connectivity index (χ0v) is 45.1. The molecule has 0 radical (unpaired) electrons. The molecule has 7 heterocycles. The zero-order chi connectivity index (χ0) is 53.9. The van der Waals surface area contributed by atoms with E-state index in [0.29, 0.717) is 57.5 Å². The molecule has 0 atom stereocenters. The lowest BCUT2D eigenvalue weighted by atomic mass is 10.0. The van der Waals surface area contributed by atoms with Gasteiger partial charge in [0.2, 0.25) is 17.7 Å². The van der Waals surface area contributed by atoms with E-state index in [1.165, 1.54) is 0 Å². The van der Waals surface area contributed by atoms with Crippen molar-refractivity contribution in [2.45, 2.75) is 137 Å². The van der Waals surface area contributed by atoms with Crippen LogP contribution in [0.4, 0.5) is 37.1 Å². The molecule has 7 aliphatic rings. The van der Waals surface area contributed by atoms with E-state index in [-0.39, 0.29) is 56.6 Å². The normalized spacial score (nSPS) is 14.1. The second-order valence-corrected chi connectivity index (χ2v) is 21.6. The number of nitrogens with one attached hydrogen (secondary N) is 4. The quantitative estimate of drug-likeness (QED) is 0.118. The molecule has 0 saturated heterocycles. The molecular weight excluding hydrogens is 939 g/mol. The predicted molar refractivity (Wildman–Crippen MR) is 292 cm³/mol. The van der Waals surface area contributed by atoms with Gasteiger partial charge in [-0.1, -0.05) is 48.5 Å². The van der Waals surface area contributed by atoms with Crippen LogP contribution < -0.4 is 36.0 Å². The van der Waals surface area contributed by atoms with Crippen LogP contribution in [0.1, 0.15) is 130 Å². The van der Waals surface area contributed by atoms with Gasteiger partial charge in [-0.05, 0) is 172 Å². The van der Waals surface area contributed by atoms with E-state index in [0.717, 1.165) is 52.2 Å². The van der Waals surface area contributed by atoms with Crippen molar-refractivity contribution in [3.05, 3.63) is 119 Å². The monoisotopic (exact) mass is 1020 g/mol. The minimum Gasteiger partial charge on any atom is -0.444 e. The van der Waals surface area contributed by atoms with Gasteiger partial charge in [0.25, 0.3) is 0 Å². The summed E-state index contributed by atoms with van der Waals surface area (Å²) >= 11 is 0. The molecule has 0 saturated carbocycles. The molecule has 4 aromatic carbocycles. The molecule has 11 rings (SSSR count). The molecule has 0 aliphatic carbocycles. The van der Waals surface area contributed by atoms with E-state index in [4.69, 9.17) is 14.2 Å². The van der Waals surface area contributed by atoms with Crippen molar-refractivity contribution in [1.29, 1.82) is 0 Å². The first-order chi connectivity index (χ1) is 35.0. The topological polar surface area (TPSA) is 188 Å². The highest BCUT2D eigenvalue weighted by Crippen LogP contribution is 2.25. The largest absolute Gasteiger partial charge is 0.444 e. The average molecular weight is 1020 g/mol. The Bertz CT molecular complexity index is 2460. The van der Waals surface area contributed by atoms with E-state index in [1.807, 2.05) is 72.8 Å². The van der Waals surface area contributed by atoms with Crippen LogP contribution in [0.2, 0.25) is 0 Å². The van der Waals surface area contributed by atoms with Gasteiger partial charge < -0.3 is 50.2 Å². The fourth-order valence-electron chi connectivity index (χ4n) is 8.12. The molecule has 0 fully saturated rings. The Balaban J connectivity index is 1.38. The van der Waals surface area contributed by atoms with Gasteiger partial charge in [-0.15, -0.1) is 0 Å². The van der Waals surface area contributed by atoms with Crippen LogP contribution in [0.3, 0.4) is 0 Å². The van der Waals surface area contributed by atoms with E-state index < -0.39 is 35.1 Å². The number of hydrogen-bond donors (Lipinski definition) is 4. The summed E-state index contributed by atoms with van der Waals surface area (Å²) < 4.78 is 16.1. The molecule has 0 unspecified atom stereocenters. The summed E-state index contributed by atoms with van der Waals surface area (Å²) in [5.41, 5.74) is 5.42. The maximum Gasteiger partial charge on any atom is 0.407 e. The van der Waals surface area contributed by atoms with Gasteiger partial charge in [0.15, 0.2) is 0 Å². The standard InChI is InChI=1S/C58H79N7O9/c1-56(2,3)72-53(69)60-34-30-50(66)63-37-11-10-33-59-46-22-14-42(15-23-46)40-43-16-26-48(27-17-43)64(51(67)31-35-61-54(70)73-57(4,5)6)38-12-13-39-65(52(68)32-36-62-55(71)74-58(7,8)9)49-28-20-45(21-29-49)41-44-18-24-47(63)25-19-44/h14-29,59H,10-13,30-41H2,1-9H3,(H,60,69)(H,61,70)(H,62,71). The van der Waals surface area contributed by atoms with Crippen LogP contribution >= 0.6 is 0 Å². The van der Waals surface area contributed by atoms with Crippen molar-refractivity contribution in [1.82, 2.24) is 16.0 Å². The van der Waals surface area contributed by atoms with E-state index >= 15 is 0 Å². The molecule has 400 valence electrons. The number of carbonyl (C=O) groups excluding carboxylic acids is 6. The lowest BCUT2D eigenvalue weighted by Crippen LogP contribution is -2.38. The summed E-state index contributed by atoms with van der Waals surface area (Å²) in [6, 6.07) is 32.0. The van der Waals surface area contributed by atoms with Gasteiger partial charge in [-0.25, -0.2) is 14.4 Å². The lowest BCUT2D eigenvalue weighted by molar-refractivity contribution is -0.119. The van der Waals surface area contributed by atoms with Crippen molar-refractivity contribution in [2.75, 3.05) is 65.8 Å². The highest BCUT2D eigenvalue weighted by Gasteiger charge is 2.23. The first-order valence-corrected chi connectivity index (χ1v) is 25.9. The summed E-state index contributed by atoms with van der Waals surface area (Å²) in [6.07, 6.45) is 2.41. The second kappa shape index (κ2) is 27.3. The number of rotatable bonds is 9. The van der Waals surface area contributed by atoms with Crippen molar-refractivity contribution in [3.8, 4) is 0 Å². The summed E-state index contributed by atoms with van der Waals surface area (Å²) in [5, 5.41) is 11.6. The molecule has 8 bridgehead atoms. The second-order valence-electron chi connectivity index (χ2n) is 21.6. The van der Waals surface area contributed by atoms with Crippen molar-refractivity contribution >= 4 is 58.8 Å². The average Bonchev–Trinajstić information content (AvgIpc) is 3.31. The van der Waals surface area contributed by atoms with Crippen molar-refractivity contribution < 1.29 is 43.0 Å². The highest BCUT2D eigenvalue weighted by molar-refractivity contribution is 5.95. The summed E-state index contributed by atoms with van der Waals surface area (Å²) in [6.45, 7) is 18.3. The van der Waals surface area contributed by atoms with Gasteiger partial charge in [-0.3, -0.25) is 14.4 Å². The maximum absolute atomic E-state index is 14.0. The Morgan fingerprint density at radius 3 is 0.973 bits per heavy atom. The maximum atomic E-state index is 14.0. The third-order valence-corrected chi connectivity index (χ3v) is 11.6. The molecule has 0 aromatic heterocycles. The van der Waals surface area contributed by atoms with E-state index in [9.17, 15) is 28.8 Å². The number of benzene rings is 4. The molecule has 7 aliphatic heterocycles. The third-order valence-electron chi connectivity index (χ3n) is 11.6. The first-order valence-electron chi connectivity index (χ1n) is 25.9. The van der Waals surface area contributed by atoms with E-state index in [2.05, 4.69) is 45.5 Å². The number of ether oxygens (including phenoxy) is 3. The molecule has 16 nitrogen and oxygen atoms in total. The van der Waals surface area contributed by atoms with Crippen LogP contribution in [0, 0.1) is 0 Å². The Morgan fingerprint density at radius 2 is 0.689 bits per heavy atom. The third kappa shape index (κ3) is 20.8. The van der Waals surface area contributed by atoms with Crippen molar-refractivity contribution in [2.24, 2.45) is 0 Å². The SMILES string of the molecule is CC(C)(C)OC(=O)NCCC(=O)N1CCCCNc2ccc(cc2)Cc2ccc(cc2)N(C(=O)CCNC(=O)OC(C)(C)C)CCCCN(C(=O)CCNC(=O)OC(C)(C)C)c2ccc(cc2)Cc2ccc1cc2. The van der Waals surface area contributed by atoms with E-state index in [1.54, 1.807) is 77.0 Å². The van der Waals surface area contributed by atoms with Gasteiger partial charge in [0, 0.05) is 87.8 Å². The summed E-state index contributed by atoms with van der Waals surface area (Å²) in [7, 11) is 0. The van der Waals surface area contributed by atoms with Gasteiger partial charge in [-0.2, -0.15) is 0 Å². The predicted octanol–water partition coefficient (Wildman–Crippen LogP) is 10.3. The Hall–Kier alpha value is -7.10. The number of hydrogen-bond acceptors (Lipinski definition) is 10. The molecule has 4 N–H and O–H groups in total. The first kappa shape index (κ1) is 57.8. The molecule has 16 heteroatoms. The summed E-state index contributed by atoms with van der Waals surface area (Å²) in [4.78, 5) is 84.1. The molecule has 6 amide bonds. The zero-order valence-electron chi connectivity index (χ0n) is 45.1. The summed E-state index contributed by atoms with van der Waals surface area (Å²) in [5.74, 6) is -0.452. The Labute approximate surface area is 438 Å². The highest BCUT2D eigenvalue weighted by atomic mass is 16.6. The van der Waals surface area contributed by atoms with Crippen molar-refractivity contribution in [3.63, 3.8) is 0 Å². The fraction of sp³-hybridized carbons (Fsp3) is 0.483. The van der Waals surface area contributed by atoms with Crippen LogP contribution in [-0.4, -0.2) is 98.6 Å². The molecular formula is C58H79N7O9. The Morgan fingerprint density at radius 1 is 0.419 bits per heavy atom. The minimum atomic E-state index is -0.686. The lowest BCUT2D eigenvalue weighted by Gasteiger charge is -2.26. The number of nitrogens with zero attached hydrogens (tertiary/aromatic N) is 3. The fourth-order valence-corrected chi connectivity index (χ4v) is 8.12. The minimum absolute atomic E-state index is 0.0375. The molecule has 74 heavy (non-hydrogen) atoms. The molecule has 4 aromatic rings. The number of anilines is 4. The van der Waals surface area contributed by atoms with Crippen LogP contribution in [0.5, 0.6) is 0 Å². The van der Waals surface area contributed by atoms with Gasteiger partial charge in [0.1, 0.15) is 16.8 Å².